The van der Waals surface area contributed by atoms with Gasteiger partial charge in [0.2, 0.25) is 0 Å². The van der Waals surface area contributed by atoms with Gasteiger partial charge in [0.25, 0.3) is 5.91 Å². The molecule has 0 saturated heterocycles. The molecule has 1 atom stereocenters. The van der Waals surface area contributed by atoms with Crippen molar-refractivity contribution in [2.24, 2.45) is 0 Å². The fraction of sp³-hybridized carbons (Fsp3) is 0.188. The van der Waals surface area contributed by atoms with E-state index in [2.05, 4.69) is 21.2 Å². The Morgan fingerprint density at radius 2 is 1.90 bits per heavy atom. The fourth-order valence-electron chi connectivity index (χ4n) is 1.99. The lowest BCUT2D eigenvalue weighted by atomic mass is 10.1. The topological polar surface area (TPSA) is 29.1 Å². The van der Waals surface area contributed by atoms with Gasteiger partial charge in [-0.1, -0.05) is 28.1 Å². The third-order valence-electron chi connectivity index (χ3n) is 3.30. The van der Waals surface area contributed by atoms with E-state index < -0.39 is 17.7 Å². The maximum absolute atomic E-state index is 13.2. The van der Waals surface area contributed by atoms with Gasteiger partial charge in [-0.15, -0.1) is 0 Å². The van der Waals surface area contributed by atoms with Gasteiger partial charge in [0.05, 0.1) is 6.04 Å². The van der Waals surface area contributed by atoms with Crippen molar-refractivity contribution < 1.29 is 13.6 Å². The first-order chi connectivity index (χ1) is 9.90. The minimum absolute atomic E-state index is 0.258. The van der Waals surface area contributed by atoms with E-state index in [0.717, 1.165) is 22.2 Å². The van der Waals surface area contributed by atoms with Crippen LogP contribution in [-0.4, -0.2) is 5.91 Å². The summed E-state index contributed by atoms with van der Waals surface area (Å²) in [4.78, 5) is 12.3. The minimum atomic E-state index is -0.924. The van der Waals surface area contributed by atoms with Gasteiger partial charge in [-0.05, 0) is 49.2 Å². The molecule has 2 rings (SSSR count). The second-order valence-corrected chi connectivity index (χ2v) is 5.64. The van der Waals surface area contributed by atoms with Crippen LogP contribution in [0, 0.1) is 18.6 Å². The largest absolute Gasteiger partial charge is 0.346 e. The van der Waals surface area contributed by atoms with Crippen LogP contribution >= 0.6 is 15.9 Å². The Kier molecular flexibility index (Phi) is 4.73. The monoisotopic (exact) mass is 353 g/mol. The Hall–Kier alpha value is -1.75. The highest BCUT2D eigenvalue weighted by Crippen LogP contribution is 2.21. The number of amides is 1. The SMILES string of the molecule is Cc1c(Br)cccc1C(=O)NC(C)c1ccc(F)c(F)c1. The molecule has 0 bridgehead atoms. The molecule has 2 nitrogen and oxygen atoms in total. The first kappa shape index (κ1) is 15.6. The number of carbonyl (C=O) groups is 1. The van der Waals surface area contributed by atoms with Crippen LogP contribution in [0.1, 0.15) is 34.5 Å². The van der Waals surface area contributed by atoms with Crippen molar-refractivity contribution in [3.8, 4) is 0 Å². The molecular weight excluding hydrogens is 340 g/mol. The minimum Gasteiger partial charge on any atom is -0.346 e. The van der Waals surface area contributed by atoms with Crippen LogP contribution in [0.3, 0.4) is 0 Å². The molecule has 0 aliphatic heterocycles. The van der Waals surface area contributed by atoms with E-state index in [0.29, 0.717) is 11.1 Å². The molecule has 0 heterocycles. The third-order valence-corrected chi connectivity index (χ3v) is 4.16. The molecule has 2 aromatic rings. The van der Waals surface area contributed by atoms with Crippen LogP contribution in [0.4, 0.5) is 8.78 Å². The summed E-state index contributed by atoms with van der Waals surface area (Å²) in [6.45, 7) is 3.55. The molecule has 0 aliphatic rings. The lowest BCUT2D eigenvalue weighted by molar-refractivity contribution is 0.0939. The molecule has 0 radical (unpaired) electrons. The highest BCUT2D eigenvalue weighted by atomic mass is 79.9. The van der Waals surface area contributed by atoms with Crippen LogP contribution in [0.15, 0.2) is 40.9 Å². The van der Waals surface area contributed by atoms with E-state index in [1.807, 2.05) is 13.0 Å². The van der Waals surface area contributed by atoms with Crippen molar-refractivity contribution in [3.05, 3.63) is 69.2 Å². The zero-order valence-corrected chi connectivity index (χ0v) is 13.2. The average molecular weight is 354 g/mol. The zero-order chi connectivity index (χ0) is 15.6. The molecule has 0 fully saturated rings. The number of carbonyl (C=O) groups excluding carboxylic acids is 1. The number of rotatable bonds is 3. The molecule has 1 N–H and O–H groups in total. The van der Waals surface area contributed by atoms with Gasteiger partial charge in [-0.2, -0.15) is 0 Å². The number of hydrogen-bond donors (Lipinski definition) is 1. The molecule has 5 heteroatoms. The van der Waals surface area contributed by atoms with Gasteiger partial charge < -0.3 is 5.32 Å². The van der Waals surface area contributed by atoms with Crippen LogP contribution in [-0.2, 0) is 0 Å². The summed E-state index contributed by atoms with van der Waals surface area (Å²) < 4.78 is 27.0. The van der Waals surface area contributed by atoms with Gasteiger partial charge in [0.1, 0.15) is 0 Å². The summed E-state index contributed by atoms with van der Waals surface area (Å²) in [6.07, 6.45) is 0. The Morgan fingerprint density at radius 3 is 2.57 bits per heavy atom. The van der Waals surface area contributed by atoms with Gasteiger partial charge in [-0.3, -0.25) is 4.79 Å². The van der Waals surface area contributed by atoms with Crippen molar-refractivity contribution in [2.45, 2.75) is 19.9 Å². The molecule has 21 heavy (non-hydrogen) atoms. The standard InChI is InChI=1S/C16H14BrF2NO/c1-9-12(4-3-5-13(9)17)16(21)20-10(2)11-6-7-14(18)15(19)8-11/h3-8,10H,1-2H3,(H,20,21). The Morgan fingerprint density at radius 1 is 1.19 bits per heavy atom. The summed E-state index contributed by atoms with van der Waals surface area (Å²) >= 11 is 3.37. The van der Waals surface area contributed by atoms with Crippen molar-refractivity contribution in [1.29, 1.82) is 0 Å². The zero-order valence-electron chi connectivity index (χ0n) is 11.6. The molecule has 1 unspecified atom stereocenters. The summed E-state index contributed by atoms with van der Waals surface area (Å²) in [5.41, 5.74) is 1.88. The second-order valence-electron chi connectivity index (χ2n) is 4.78. The van der Waals surface area contributed by atoms with E-state index in [9.17, 15) is 13.6 Å². The number of nitrogens with one attached hydrogen (secondary N) is 1. The molecule has 0 saturated carbocycles. The predicted octanol–water partition coefficient (Wildman–Crippen LogP) is 4.53. The highest BCUT2D eigenvalue weighted by molar-refractivity contribution is 9.10. The maximum atomic E-state index is 13.2. The molecule has 2 aromatic carbocycles. The highest BCUT2D eigenvalue weighted by Gasteiger charge is 2.15. The summed E-state index contributed by atoms with van der Waals surface area (Å²) in [7, 11) is 0. The summed E-state index contributed by atoms with van der Waals surface area (Å²) in [5, 5.41) is 2.78. The normalized spacial score (nSPS) is 12.0. The smallest absolute Gasteiger partial charge is 0.252 e. The first-order valence-corrected chi connectivity index (χ1v) is 7.20. The summed E-state index contributed by atoms with van der Waals surface area (Å²) in [5.74, 6) is -2.08. The second kappa shape index (κ2) is 6.35. The van der Waals surface area contributed by atoms with E-state index in [4.69, 9.17) is 0 Å². The molecule has 0 spiro atoms. The van der Waals surface area contributed by atoms with E-state index >= 15 is 0 Å². The van der Waals surface area contributed by atoms with Crippen LogP contribution in [0.2, 0.25) is 0 Å². The van der Waals surface area contributed by atoms with E-state index in [1.54, 1.807) is 19.1 Å². The average Bonchev–Trinajstić information content (AvgIpc) is 2.44. The van der Waals surface area contributed by atoms with E-state index in [-0.39, 0.29) is 5.91 Å². The fourth-order valence-corrected chi connectivity index (χ4v) is 2.36. The molecule has 1 amide bonds. The van der Waals surface area contributed by atoms with Crippen LogP contribution in [0.25, 0.3) is 0 Å². The number of hydrogen-bond acceptors (Lipinski definition) is 1. The molecule has 110 valence electrons. The van der Waals surface area contributed by atoms with Gasteiger partial charge in [-0.25, -0.2) is 8.78 Å². The first-order valence-electron chi connectivity index (χ1n) is 6.41. The van der Waals surface area contributed by atoms with Gasteiger partial charge in [0.15, 0.2) is 11.6 Å². The van der Waals surface area contributed by atoms with Gasteiger partial charge >= 0.3 is 0 Å². The Labute approximate surface area is 130 Å². The Balaban J connectivity index is 2.18. The lowest BCUT2D eigenvalue weighted by Crippen LogP contribution is -2.27. The van der Waals surface area contributed by atoms with E-state index in [1.165, 1.54) is 6.07 Å². The quantitative estimate of drug-likeness (QED) is 0.862. The lowest BCUT2D eigenvalue weighted by Gasteiger charge is -2.16. The predicted molar refractivity (Wildman–Crippen MR) is 81.1 cm³/mol. The maximum Gasteiger partial charge on any atom is 0.252 e. The van der Waals surface area contributed by atoms with Crippen molar-refractivity contribution in [2.75, 3.05) is 0 Å². The van der Waals surface area contributed by atoms with Crippen molar-refractivity contribution >= 4 is 21.8 Å². The molecule has 0 aliphatic carbocycles. The molecular formula is C16H14BrF2NO. The van der Waals surface area contributed by atoms with Crippen LogP contribution in [0.5, 0.6) is 0 Å². The molecule has 0 aromatic heterocycles. The van der Waals surface area contributed by atoms with Crippen LogP contribution < -0.4 is 5.32 Å². The Bertz CT molecular complexity index is 688. The van der Waals surface area contributed by atoms with Gasteiger partial charge in [0, 0.05) is 10.0 Å². The summed E-state index contributed by atoms with van der Waals surface area (Å²) in [6, 6.07) is 8.51. The number of halogens is 3. The van der Waals surface area contributed by atoms with Crippen molar-refractivity contribution in [1.82, 2.24) is 5.32 Å². The third kappa shape index (κ3) is 3.47. The van der Waals surface area contributed by atoms with Crippen molar-refractivity contribution in [3.63, 3.8) is 0 Å². The number of benzene rings is 2.